The molecule has 8 bridgehead atoms. The van der Waals surface area contributed by atoms with E-state index in [-0.39, 0.29) is 12.8 Å². The quantitative estimate of drug-likeness (QED) is 0.170. The Labute approximate surface area is 273 Å². The molecule has 10 heteroatoms. The minimum atomic E-state index is -0.889. The van der Waals surface area contributed by atoms with E-state index >= 15 is 0 Å². The zero-order valence-corrected chi connectivity index (χ0v) is 27.3. The van der Waals surface area contributed by atoms with Crippen molar-refractivity contribution in [2.24, 2.45) is 5.10 Å². The largest absolute Gasteiger partial charge is 0.481 e. The Kier molecular flexibility index (Phi) is 9.70. The van der Waals surface area contributed by atoms with Gasteiger partial charge in [-0.15, -0.1) is 0 Å². The Morgan fingerprint density at radius 1 is 0.723 bits per heavy atom. The highest BCUT2D eigenvalue weighted by Crippen LogP contribution is 2.38. The topological polar surface area (TPSA) is 156 Å². The van der Waals surface area contributed by atoms with Gasteiger partial charge in [0.25, 0.3) is 0 Å². The Bertz CT molecular complexity index is 2050. The zero-order valence-electron chi connectivity index (χ0n) is 27.3. The standard InChI is InChI=1S/C34H34N4O4.C3H6N2/c1-7-21-17(3)25-13-26-19(5)23(9-11-33(39)40)31(37-26)16-32-24(10-12-34(41)42)20(6)28(38-32)15-30-22(8-2)18(4)27(36-30)14-29(21)35-25;1-2-4-5-3-1/h7-8,13-16,35-36H,1-2,9-12H2,3-6H3,(H,39,40)(H,41,42);2,5H,1,3H2. The van der Waals surface area contributed by atoms with E-state index in [0.29, 0.717) is 24.2 Å². The molecule has 242 valence electrons. The molecule has 0 spiro atoms. The second kappa shape index (κ2) is 13.9. The van der Waals surface area contributed by atoms with E-state index in [2.05, 4.69) is 39.7 Å². The third-order valence-corrected chi connectivity index (χ3v) is 8.79. The van der Waals surface area contributed by atoms with Gasteiger partial charge in [-0.2, -0.15) is 5.10 Å². The van der Waals surface area contributed by atoms with Crippen molar-refractivity contribution in [3.63, 3.8) is 0 Å². The normalized spacial score (nSPS) is 13.7. The molecule has 6 rings (SSSR count). The van der Waals surface area contributed by atoms with Crippen LogP contribution in [0, 0.1) is 13.8 Å². The molecule has 0 atom stereocenters. The van der Waals surface area contributed by atoms with Crippen molar-refractivity contribution >= 4 is 74.7 Å². The van der Waals surface area contributed by atoms with Crippen molar-refractivity contribution in [2.45, 2.75) is 59.8 Å². The molecule has 47 heavy (non-hydrogen) atoms. The number of aromatic amines is 2. The average molecular weight is 633 g/mol. The predicted octanol–water partition coefficient (Wildman–Crippen LogP) is 7.77. The van der Waals surface area contributed by atoms with Gasteiger partial charge in [0.15, 0.2) is 0 Å². The second-order valence-electron chi connectivity index (χ2n) is 11.7. The fraction of sp³-hybridized carbons (Fsp3) is 0.270. The molecule has 0 saturated heterocycles. The molecule has 3 aromatic heterocycles. The number of fused-ring (bicyclic) bond motifs is 8. The summed E-state index contributed by atoms with van der Waals surface area (Å²) in [5.74, 6) is -1.78. The van der Waals surface area contributed by atoms with E-state index in [0.717, 1.165) is 91.0 Å². The number of aryl methyl sites for hydroxylation is 2. The number of aromatic nitrogens is 4. The van der Waals surface area contributed by atoms with Gasteiger partial charge in [0.1, 0.15) is 0 Å². The fourth-order valence-corrected chi connectivity index (χ4v) is 6.09. The lowest BCUT2D eigenvalue weighted by Crippen LogP contribution is -1.97. The lowest BCUT2D eigenvalue weighted by atomic mass is 9.98. The molecule has 0 aromatic carbocycles. The zero-order chi connectivity index (χ0) is 33.8. The number of carboxylic acids is 2. The van der Waals surface area contributed by atoms with Gasteiger partial charge in [-0.05, 0) is 98.2 Å². The minimum absolute atomic E-state index is 0.0367. The van der Waals surface area contributed by atoms with Gasteiger partial charge in [0, 0.05) is 65.2 Å². The van der Waals surface area contributed by atoms with E-state index in [1.165, 1.54) is 0 Å². The van der Waals surface area contributed by atoms with Crippen LogP contribution in [0.25, 0.3) is 56.5 Å². The van der Waals surface area contributed by atoms with Crippen LogP contribution in [0.4, 0.5) is 0 Å². The first kappa shape index (κ1) is 32.9. The summed E-state index contributed by atoms with van der Waals surface area (Å²) < 4.78 is 0. The van der Waals surface area contributed by atoms with E-state index in [1.807, 2.05) is 64.3 Å². The van der Waals surface area contributed by atoms with Crippen LogP contribution in [0.5, 0.6) is 0 Å². The first-order valence-electron chi connectivity index (χ1n) is 15.6. The number of nitrogens with zero attached hydrogens (tertiary/aromatic N) is 3. The van der Waals surface area contributed by atoms with Crippen molar-refractivity contribution < 1.29 is 19.8 Å². The van der Waals surface area contributed by atoms with E-state index in [1.54, 1.807) is 0 Å². The number of H-pyrrole nitrogens is 2. The Morgan fingerprint density at radius 2 is 1.19 bits per heavy atom. The first-order valence-corrected chi connectivity index (χ1v) is 15.6. The summed E-state index contributed by atoms with van der Waals surface area (Å²) in [6, 6.07) is 7.88. The molecule has 3 aliphatic rings. The van der Waals surface area contributed by atoms with Crippen LogP contribution in [-0.2, 0) is 9.59 Å². The van der Waals surface area contributed by atoms with E-state index in [9.17, 15) is 19.8 Å². The molecule has 0 fully saturated rings. The van der Waals surface area contributed by atoms with Crippen molar-refractivity contribution in [1.29, 1.82) is 0 Å². The number of hydrazone groups is 1. The fourth-order valence-electron chi connectivity index (χ4n) is 6.09. The number of hydrogen-bond donors (Lipinski definition) is 5. The second-order valence-corrected chi connectivity index (χ2v) is 11.7. The van der Waals surface area contributed by atoms with Crippen LogP contribution in [0.1, 0.15) is 91.0 Å². The highest BCUT2D eigenvalue weighted by Gasteiger charge is 2.22. The maximum Gasteiger partial charge on any atom is 0.303 e. The molecule has 0 aliphatic carbocycles. The number of nitrogens with one attached hydrogen (secondary N) is 3. The summed E-state index contributed by atoms with van der Waals surface area (Å²) in [6.45, 7) is 17.1. The minimum Gasteiger partial charge on any atom is -0.481 e. The lowest BCUT2D eigenvalue weighted by Gasteiger charge is -2.05. The Morgan fingerprint density at radius 3 is 1.60 bits per heavy atom. The maximum atomic E-state index is 11.5. The molecule has 0 amide bonds. The number of allylic oxidation sites excluding steroid dienone is 4. The summed E-state index contributed by atoms with van der Waals surface area (Å²) in [5, 5.41) is 22.6. The molecule has 5 N–H and O–H groups in total. The van der Waals surface area contributed by atoms with Crippen molar-refractivity contribution in [2.75, 3.05) is 6.54 Å². The Hall–Kier alpha value is -5.51. The molecule has 6 heterocycles. The molecule has 3 aromatic rings. The number of carboxylic acid groups (broad SMARTS) is 2. The van der Waals surface area contributed by atoms with Gasteiger partial charge in [-0.3, -0.25) is 9.59 Å². The van der Waals surface area contributed by atoms with Gasteiger partial charge >= 0.3 is 11.9 Å². The van der Waals surface area contributed by atoms with Crippen LogP contribution in [0.2, 0.25) is 0 Å². The molecule has 0 unspecified atom stereocenters. The summed E-state index contributed by atoms with van der Waals surface area (Å²) in [6.07, 6.45) is 7.17. The van der Waals surface area contributed by atoms with Crippen LogP contribution in [0.15, 0.2) is 42.5 Å². The van der Waals surface area contributed by atoms with Crippen molar-refractivity contribution in [1.82, 2.24) is 25.4 Å². The predicted molar refractivity (Wildman–Crippen MR) is 190 cm³/mol. The first-order chi connectivity index (χ1) is 22.5. The van der Waals surface area contributed by atoms with Crippen molar-refractivity contribution in [3.05, 3.63) is 82.5 Å². The molecular formula is C37H40N6O4. The lowest BCUT2D eigenvalue weighted by molar-refractivity contribution is -0.137. The third-order valence-electron chi connectivity index (χ3n) is 8.79. The van der Waals surface area contributed by atoms with Gasteiger partial charge in [0.05, 0.1) is 22.8 Å². The van der Waals surface area contributed by atoms with E-state index in [4.69, 9.17) is 9.97 Å². The van der Waals surface area contributed by atoms with Gasteiger partial charge in [-0.25, -0.2) is 9.97 Å². The summed E-state index contributed by atoms with van der Waals surface area (Å²) in [5.41, 5.74) is 16.5. The Balaban J connectivity index is 0.000000792. The molecule has 10 nitrogen and oxygen atoms in total. The van der Waals surface area contributed by atoms with Gasteiger partial charge in [-0.1, -0.05) is 25.3 Å². The van der Waals surface area contributed by atoms with Crippen LogP contribution in [-0.4, -0.2) is 54.8 Å². The van der Waals surface area contributed by atoms with Crippen LogP contribution in [0.3, 0.4) is 0 Å². The molecule has 3 aliphatic heterocycles. The summed E-state index contributed by atoms with van der Waals surface area (Å²) in [7, 11) is 0. The number of rotatable bonds is 8. The maximum absolute atomic E-state index is 11.5. The highest BCUT2D eigenvalue weighted by atomic mass is 16.4. The summed E-state index contributed by atoms with van der Waals surface area (Å²) >= 11 is 0. The number of aliphatic carboxylic acids is 2. The monoisotopic (exact) mass is 632 g/mol. The van der Waals surface area contributed by atoms with Crippen LogP contribution < -0.4 is 5.43 Å². The van der Waals surface area contributed by atoms with Crippen LogP contribution >= 0.6 is 0 Å². The SMILES string of the molecule is C1=NNCC1.C=Cc1c(C)c2cc3[nH]c(cc4nc(cc5nc(cc1[nH]2)C(C)=C5CCC(=O)O)C(CCC(=O)O)=C4C)c(C)c3C=C. The van der Waals surface area contributed by atoms with Gasteiger partial charge in [0.2, 0.25) is 0 Å². The smallest absolute Gasteiger partial charge is 0.303 e. The molecule has 0 saturated carbocycles. The molecular weight excluding hydrogens is 592 g/mol. The third kappa shape index (κ3) is 6.86. The summed E-state index contributed by atoms with van der Waals surface area (Å²) in [4.78, 5) is 40.0. The van der Waals surface area contributed by atoms with Gasteiger partial charge < -0.3 is 25.6 Å². The molecule has 0 radical (unpaired) electrons. The number of carbonyl (C=O) groups is 2. The van der Waals surface area contributed by atoms with E-state index < -0.39 is 11.9 Å². The number of hydrogen-bond acceptors (Lipinski definition) is 6. The highest BCUT2D eigenvalue weighted by molar-refractivity contribution is 5.97. The van der Waals surface area contributed by atoms with Crippen molar-refractivity contribution in [3.8, 4) is 0 Å². The average Bonchev–Trinajstić information content (AvgIpc) is 3.84.